The number of rotatable bonds is 3. The lowest BCUT2D eigenvalue weighted by Gasteiger charge is -2.05. The van der Waals surface area contributed by atoms with Crippen molar-refractivity contribution in [2.75, 3.05) is 0 Å². The Morgan fingerprint density at radius 3 is 2.77 bits per heavy atom. The van der Waals surface area contributed by atoms with Crippen LogP contribution in [0.1, 0.15) is 17.5 Å². The summed E-state index contributed by atoms with van der Waals surface area (Å²) in [7, 11) is 0. The molecule has 1 atom stereocenters. The summed E-state index contributed by atoms with van der Waals surface area (Å²) < 4.78 is 0. The van der Waals surface area contributed by atoms with Crippen LogP contribution >= 0.6 is 0 Å². The summed E-state index contributed by atoms with van der Waals surface area (Å²) >= 11 is 0. The molecular weight excluding hydrogens is 160 g/mol. The fraction of sp³-hybridized carbons (Fsp3) is 0.364. The molecular formula is C11H14N2. The minimum absolute atomic E-state index is 0.334. The summed E-state index contributed by atoms with van der Waals surface area (Å²) in [6.07, 6.45) is 1.63. The van der Waals surface area contributed by atoms with Crippen LogP contribution in [0.2, 0.25) is 0 Å². The first-order valence-corrected chi connectivity index (χ1v) is 4.43. The van der Waals surface area contributed by atoms with Crippen LogP contribution in [0, 0.1) is 18.3 Å². The van der Waals surface area contributed by atoms with E-state index in [4.69, 9.17) is 11.0 Å². The summed E-state index contributed by atoms with van der Waals surface area (Å²) in [6, 6.07) is 9.89. The maximum absolute atomic E-state index is 8.51. The van der Waals surface area contributed by atoms with Gasteiger partial charge < -0.3 is 5.73 Å². The molecule has 0 radical (unpaired) electrons. The maximum Gasteiger partial charge on any atom is 0.0931 e. The van der Waals surface area contributed by atoms with Gasteiger partial charge in [0.2, 0.25) is 0 Å². The number of hydrogen-bond donors (Lipinski definition) is 1. The van der Waals surface area contributed by atoms with Gasteiger partial charge in [0, 0.05) is 0 Å². The molecule has 13 heavy (non-hydrogen) atoms. The largest absolute Gasteiger partial charge is 0.316 e. The molecule has 0 spiro atoms. The number of benzene rings is 1. The van der Waals surface area contributed by atoms with Crippen LogP contribution in [0.3, 0.4) is 0 Å². The van der Waals surface area contributed by atoms with Crippen LogP contribution in [0.5, 0.6) is 0 Å². The zero-order chi connectivity index (χ0) is 9.68. The van der Waals surface area contributed by atoms with Gasteiger partial charge in [0.05, 0.1) is 12.1 Å². The van der Waals surface area contributed by atoms with Crippen molar-refractivity contribution in [3.8, 4) is 6.07 Å². The topological polar surface area (TPSA) is 49.8 Å². The van der Waals surface area contributed by atoms with Crippen molar-refractivity contribution in [1.82, 2.24) is 0 Å². The van der Waals surface area contributed by atoms with E-state index >= 15 is 0 Å². The highest BCUT2D eigenvalue weighted by Gasteiger charge is 2.01. The standard InChI is InChI=1S/C11H14N2/c1-9-4-2-3-5-10(9)6-7-11(13)8-12/h2-5,11H,6-7,13H2,1H3. The molecule has 2 N–H and O–H groups in total. The van der Waals surface area contributed by atoms with E-state index in [1.807, 2.05) is 18.2 Å². The van der Waals surface area contributed by atoms with Crippen LogP contribution in [0.25, 0.3) is 0 Å². The van der Waals surface area contributed by atoms with Gasteiger partial charge in [0.25, 0.3) is 0 Å². The molecule has 68 valence electrons. The summed E-state index contributed by atoms with van der Waals surface area (Å²) in [5.41, 5.74) is 8.07. The van der Waals surface area contributed by atoms with Crippen LogP contribution in [-0.4, -0.2) is 6.04 Å². The van der Waals surface area contributed by atoms with Gasteiger partial charge in [-0.2, -0.15) is 5.26 Å². The fourth-order valence-corrected chi connectivity index (χ4v) is 1.27. The Labute approximate surface area is 79.0 Å². The van der Waals surface area contributed by atoms with Gasteiger partial charge in [-0.15, -0.1) is 0 Å². The van der Waals surface area contributed by atoms with Crippen molar-refractivity contribution >= 4 is 0 Å². The van der Waals surface area contributed by atoms with E-state index in [1.165, 1.54) is 11.1 Å². The van der Waals surface area contributed by atoms with Crippen molar-refractivity contribution in [3.05, 3.63) is 35.4 Å². The van der Waals surface area contributed by atoms with E-state index in [9.17, 15) is 0 Å². The second kappa shape index (κ2) is 4.64. The average Bonchev–Trinajstić information content (AvgIpc) is 2.16. The Hall–Kier alpha value is -1.33. The van der Waals surface area contributed by atoms with Gasteiger partial charge in [0.15, 0.2) is 0 Å². The third kappa shape index (κ3) is 2.89. The van der Waals surface area contributed by atoms with Crippen molar-refractivity contribution in [1.29, 1.82) is 5.26 Å². The maximum atomic E-state index is 8.51. The average molecular weight is 174 g/mol. The molecule has 0 saturated carbocycles. The first-order valence-electron chi connectivity index (χ1n) is 4.43. The molecule has 2 nitrogen and oxygen atoms in total. The van der Waals surface area contributed by atoms with E-state index in [0.29, 0.717) is 0 Å². The molecule has 1 unspecified atom stereocenters. The zero-order valence-electron chi connectivity index (χ0n) is 7.83. The molecule has 0 fully saturated rings. The molecule has 0 aliphatic rings. The molecule has 0 saturated heterocycles. The molecule has 2 heteroatoms. The van der Waals surface area contributed by atoms with Crippen molar-refractivity contribution in [2.24, 2.45) is 5.73 Å². The smallest absolute Gasteiger partial charge is 0.0931 e. The molecule has 0 amide bonds. The van der Waals surface area contributed by atoms with Crippen LogP contribution in [-0.2, 0) is 6.42 Å². The lowest BCUT2D eigenvalue weighted by Crippen LogP contribution is -2.17. The number of hydrogen-bond acceptors (Lipinski definition) is 2. The minimum atomic E-state index is -0.334. The van der Waals surface area contributed by atoms with Gasteiger partial charge in [-0.1, -0.05) is 24.3 Å². The Balaban J connectivity index is 2.56. The minimum Gasteiger partial charge on any atom is -0.316 e. The first-order chi connectivity index (χ1) is 6.24. The molecule has 0 aromatic heterocycles. The van der Waals surface area contributed by atoms with Crippen molar-refractivity contribution < 1.29 is 0 Å². The van der Waals surface area contributed by atoms with Crippen molar-refractivity contribution in [2.45, 2.75) is 25.8 Å². The zero-order valence-corrected chi connectivity index (χ0v) is 7.83. The third-order valence-corrected chi connectivity index (χ3v) is 2.15. The van der Waals surface area contributed by atoms with E-state index in [1.54, 1.807) is 0 Å². The van der Waals surface area contributed by atoms with Crippen LogP contribution in [0.15, 0.2) is 24.3 Å². The van der Waals surface area contributed by atoms with Gasteiger partial charge >= 0.3 is 0 Å². The molecule has 1 rings (SSSR count). The van der Waals surface area contributed by atoms with E-state index < -0.39 is 0 Å². The third-order valence-electron chi connectivity index (χ3n) is 2.15. The molecule has 1 aromatic rings. The van der Waals surface area contributed by atoms with Gasteiger partial charge in [0.1, 0.15) is 0 Å². The van der Waals surface area contributed by atoms with Gasteiger partial charge in [-0.3, -0.25) is 0 Å². The molecule has 0 bridgehead atoms. The molecule has 1 aromatic carbocycles. The van der Waals surface area contributed by atoms with E-state index in [2.05, 4.69) is 19.1 Å². The lowest BCUT2D eigenvalue weighted by atomic mass is 10.0. The summed E-state index contributed by atoms with van der Waals surface area (Å²) in [6.45, 7) is 2.08. The van der Waals surface area contributed by atoms with E-state index in [-0.39, 0.29) is 6.04 Å². The SMILES string of the molecule is Cc1ccccc1CCC(N)C#N. The highest BCUT2D eigenvalue weighted by Crippen LogP contribution is 2.09. The van der Waals surface area contributed by atoms with E-state index in [0.717, 1.165) is 12.8 Å². The summed E-state index contributed by atoms with van der Waals surface area (Å²) in [5.74, 6) is 0. The predicted molar refractivity (Wildman–Crippen MR) is 53.1 cm³/mol. The number of nitrogens with zero attached hydrogens (tertiary/aromatic N) is 1. The fourth-order valence-electron chi connectivity index (χ4n) is 1.27. The second-order valence-corrected chi connectivity index (χ2v) is 3.20. The quantitative estimate of drug-likeness (QED) is 0.759. The second-order valence-electron chi connectivity index (χ2n) is 3.20. The number of nitriles is 1. The highest BCUT2D eigenvalue weighted by molar-refractivity contribution is 5.25. The van der Waals surface area contributed by atoms with Crippen LogP contribution < -0.4 is 5.73 Å². The Morgan fingerprint density at radius 1 is 1.46 bits per heavy atom. The Bertz CT molecular complexity index is 312. The summed E-state index contributed by atoms with van der Waals surface area (Å²) in [5, 5.41) is 8.51. The molecule has 0 heterocycles. The lowest BCUT2D eigenvalue weighted by molar-refractivity contribution is 0.729. The first kappa shape index (κ1) is 9.76. The van der Waals surface area contributed by atoms with Gasteiger partial charge in [-0.25, -0.2) is 0 Å². The molecule has 0 aliphatic heterocycles. The van der Waals surface area contributed by atoms with Crippen LogP contribution in [0.4, 0.5) is 0 Å². The van der Waals surface area contributed by atoms with Crippen molar-refractivity contribution in [3.63, 3.8) is 0 Å². The summed E-state index contributed by atoms with van der Waals surface area (Å²) in [4.78, 5) is 0. The molecule has 0 aliphatic carbocycles. The normalized spacial score (nSPS) is 12.1. The number of aryl methyl sites for hydroxylation is 2. The van der Waals surface area contributed by atoms with Gasteiger partial charge in [-0.05, 0) is 30.9 Å². The highest BCUT2D eigenvalue weighted by atomic mass is 14.6. The number of nitrogens with two attached hydrogens (primary N) is 1. The Morgan fingerprint density at radius 2 is 2.15 bits per heavy atom. The predicted octanol–water partition coefficient (Wildman–Crippen LogP) is 1.78. The Kier molecular flexibility index (Phi) is 3.48. The monoisotopic (exact) mass is 174 g/mol.